The van der Waals surface area contributed by atoms with Crippen molar-refractivity contribution in [3.8, 4) is 0 Å². The molecule has 4 heterocycles. The van der Waals surface area contributed by atoms with Gasteiger partial charge in [0.05, 0.1) is 0 Å². The minimum atomic E-state index is 1.38. The lowest BCUT2D eigenvalue weighted by molar-refractivity contribution is 1.90. The molecule has 0 amide bonds. The summed E-state index contributed by atoms with van der Waals surface area (Å²) in [5.41, 5.74) is 0. The third-order valence-electron chi connectivity index (χ3n) is 5.36. The SMILES string of the molecule is c1scc2c1sc1c2ccc2c3ccc4c5cscc5sc4c3ccc21. The molecule has 0 spiro atoms. The smallest absolute Gasteiger partial charge is 0.0462 e. The summed E-state index contributed by atoms with van der Waals surface area (Å²) in [6, 6.07) is 14.0. The van der Waals surface area contributed by atoms with Gasteiger partial charge in [0, 0.05) is 72.6 Å². The first kappa shape index (κ1) is 14.1. The van der Waals surface area contributed by atoms with Gasteiger partial charge < -0.3 is 0 Å². The zero-order chi connectivity index (χ0) is 16.8. The van der Waals surface area contributed by atoms with E-state index in [4.69, 9.17) is 0 Å². The van der Waals surface area contributed by atoms with Gasteiger partial charge in [-0.05, 0) is 10.8 Å². The molecular weight excluding hydrogens is 393 g/mol. The van der Waals surface area contributed by atoms with Gasteiger partial charge >= 0.3 is 0 Å². The van der Waals surface area contributed by atoms with Gasteiger partial charge in [0.2, 0.25) is 0 Å². The Morgan fingerprint density at radius 3 is 1.23 bits per heavy atom. The molecule has 3 aromatic carbocycles. The Balaban J connectivity index is 1.70. The van der Waals surface area contributed by atoms with Crippen LogP contribution in [0, 0.1) is 0 Å². The average Bonchev–Trinajstić information content (AvgIpc) is 3.40. The normalized spacial score (nSPS) is 12.6. The van der Waals surface area contributed by atoms with Crippen LogP contribution in [0.5, 0.6) is 0 Å². The van der Waals surface area contributed by atoms with E-state index in [0.29, 0.717) is 0 Å². The number of hydrogen-bond acceptors (Lipinski definition) is 4. The van der Waals surface area contributed by atoms with Gasteiger partial charge in [0.1, 0.15) is 0 Å². The van der Waals surface area contributed by atoms with Crippen LogP contribution in [0.25, 0.3) is 61.9 Å². The van der Waals surface area contributed by atoms with Gasteiger partial charge in [-0.15, -0.1) is 22.7 Å². The highest BCUT2D eigenvalue weighted by Gasteiger charge is 2.13. The van der Waals surface area contributed by atoms with Crippen molar-refractivity contribution in [1.82, 2.24) is 0 Å². The van der Waals surface area contributed by atoms with Gasteiger partial charge in [0.25, 0.3) is 0 Å². The second kappa shape index (κ2) is 4.84. The van der Waals surface area contributed by atoms with Crippen molar-refractivity contribution in [1.29, 1.82) is 0 Å². The minimum absolute atomic E-state index is 1.38. The summed E-state index contributed by atoms with van der Waals surface area (Å²) in [4.78, 5) is 0. The standard InChI is InChI=1S/C22H10S4/c1-3-15-17-7-23-9-19(17)25-21(15)13-5-6-14-12(11(1)13)2-4-16-18-8-24-10-20(18)26-22(14)16/h1-10H. The topological polar surface area (TPSA) is 0 Å². The van der Waals surface area contributed by atoms with Gasteiger partial charge in [0.15, 0.2) is 0 Å². The van der Waals surface area contributed by atoms with Crippen molar-refractivity contribution < 1.29 is 0 Å². The molecule has 0 radical (unpaired) electrons. The van der Waals surface area contributed by atoms with Crippen LogP contribution in [0.15, 0.2) is 57.9 Å². The van der Waals surface area contributed by atoms with Crippen LogP contribution in [0.4, 0.5) is 0 Å². The Bertz CT molecular complexity index is 1510. The molecule has 0 aliphatic rings. The van der Waals surface area contributed by atoms with Gasteiger partial charge in [-0.2, -0.15) is 22.7 Å². The first-order valence-corrected chi connectivity index (χ1v) is 11.9. The molecule has 7 aromatic rings. The van der Waals surface area contributed by atoms with Gasteiger partial charge in [-0.25, -0.2) is 0 Å². The van der Waals surface area contributed by atoms with Crippen LogP contribution in [0.3, 0.4) is 0 Å². The lowest BCUT2D eigenvalue weighted by Crippen LogP contribution is -1.78. The Morgan fingerprint density at radius 1 is 0.385 bits per heavy atom. The monoisotopic (exact) mass is 402 g/mol. The van der Waals surface area contributed by atoms with Gasteiger partial charge in [-0.1, -0.05) is 36.4 Å². The summed E-state index contributed by atoms with van der Waals surface area (Å²) in [7, 11) is 0. The number of rotatable bonds is 0. The van der Waals surface area contributed by atoms with E-state index in [1.165, 1.54) is 61.9 Å². The first-order chi connectivity index (χ1) is 12.9. The summed E-state index contributed by atoms with van der Waals surface area (Å²) in [6.07, 6.45) is 0. The zero-order valence-electron chi connectivity index (χ0n) is 13.4. The lowest BCUT2D eigenvalue weighted by atomic mass is 9.99. The predicted molar refractivity (Wildman–Crippen MR) is 123 cm³/mol. The molecule has 0 atom stereocenters. The van der Waals surface area contributed by atoms with E-state index in [1.807, 2.05) is 22.7 Å². The number of fused-ring (bicyclic) bond motifs is 11. The Kier molecular flexibility index (Phi) is 2.63. The molecule has 0 bridgehead atoms. The number of thiophene rings is 4. The molecule has 0 N–H and O–H groups in total. The zero-order valence-corrected chi connectivity index (χ0v) is 16.7. The van der Waals surface area contributed by atoms with E-state index < -0.39 is 0 Å². The van der Waals surface area contributed by atoms with Crippen LogP contribution < -0.4 is 0 Å². The van der Waals surface area contributed by atoms with Crippen molar-refractivity contribution in [2.45, 2.75) is 0 Å². The molecule has 0 aliphatic heterocycles. The highest BCUT2D eigenvalue weighted by atomic mass is 32.1. The van der Waals surface area contributed by atoms with Gasteiger partial charge in [-0.3, -0.25) is 0 Å². The molecular formula is C22H10S4. The summed E-state index contributed by atoms with van der Waals surface area (Å²) >= 11 is 7.46. The number of benzene rings is 3. The molecule has 0 saturated carbocycles. The van der Waals surface area contributed by atoms with Crippen molar-refractivity contribution in [2.24, 2.45) is 0 Å². The predicted octanol–water partition coefficient (Wildman–Crippen LogP) is 8.85. The third kappa shape index (κ3) is 1.64. The minimum Gasteiger partial charge on any atom is -0.150 e. The summed E-state index contributed by atoms with van der Waals surface area (Å²) < 4.78 is 5.67. The van der Waals surface area contributed by atoms with Crippen molar-refractivity contribution in [2.75, 3.05) is 0 Å². The second-order valence-electron chi connectivity index (χ2n) is 6.64. The maximum Gasteiger partial charge on any atom is 0.0462 e. The molecule has 0 fully saturated rings. The van der Waals surface area contributed by atoms with E-state index in [-0.39, 0.29) is 0 Å². The van der Waals surface area contributed by atoms with Crippen LogP contribution in [-0.4, -0.2) is 0 Å². The summed E-state index contributed by atoms with van der Waals surface area (Å²) in [5, 5.41) is 20.2. The van der Waals surface area contributed by atoms with E-state index >= 15 is 0 Å². The first-order valence-electron chi connectivity index (χ1n) is 8.40. The second-order valence-corrected chi connectivity index (χ2v) is 10.2. The molecule has 7 rings (SSSR count). The van der Waals surface area contributed by atoms with E-state index in [2.05, 4.69) is 57.9 Å². The fourth-order valence-corrected chi connectivity index (χ4v) is 8.59. The summed E-state index contributed by atoms with van der Waals surface area (Å²) in [6.45, 7) is 0. The van der Waals surface area contributed by atoms with E-state index in [1.54, 1.807) is 22.7 Å². The largest absolute Gasteiger partial charge is 0.150 e. The highest BCUT2D eigenvalue weighted by Crippen LogP contribution is 2.44. The van der Waals surface area contributed by atoms with E-state index in [0.717, 1.165) is 0 Å². The van der Waals surface area contributed by atoms with Crippen molar-refractivity contribution in [3.63, 3.8) is 0 Å². The highest BCUT2D eigenvalue weighted by molar-refractivity contribution is 7.29. The quantitative estimate of drug-likeness (QED) is 0.222. The third-order valence-corrected chi connectivity index (χ3v) is 9.55. The molecule has 4 aromatic heterocycles. The maximum absolute atomic E-state index is 2.34. The molecule has 0 aliphatic carbocycles. The average molecular weight is 403 g/mol. The maximum atomic E-state index is 2.34. The van der Waals surface area contributed by atoms with Crippen LogP contribution in [0.2, 0.25) is 0 Å². The molecule has 0 unspecified atom stereocenters. The summed E-state index contributed by atoms with van der Waals surface area (Å²) in [5.74, 6) is 0. The van der Waals surface area contributed by atoms with Crippen LogP contribution >= 0.6 is 45.3 Å². The fourth-order valence-electron chi connectivity index (χ4n) is 4.15. The Labute approximate surface area is 164 Å². The van der Waals surface area contributed by atoms with Crippen molar-refractivity contribution in [3.05, 3.63) is 57.9 Å². The molecule has 26 heavy (non-hydrogen) atoms. The molecule has 4 heteroatoms. The Morgan fingerprint density at radius 2 is 0.769 bits per heavy atom. The lowest BCUT2D eigenvalue weighted by Gasteiger charge is -2.06. The molecule has 0 saturated heterocycles. The van der Waals surface area contributed by atoms with E-state index in [9.17, 15) is 0 Å². The molecule has 122 valence electrons. The van der Waals surface area contributed by atoms with Crippen LogP contribution in [-0.2, 0) is 0 Å². The number of hydrogen-bond donors (Lipinski definition) is 0. The fraction of sp³-hybridized carbons (Fsp3) is 0. The molecule has 0 nitrogen and oxygen atoms in total. The Hall–Kier alpha value is -1.98. The van der Waals surface area contributed by atoms with Crippen LogP contribution in [0.1, 0.15) is 0 Å². The van der Waals surface area contributed by atoms with Crippen molar-refractivity contribution >= 4 is 107 Å².